The van der Waals surface area contributed by atoms with Crippen LogP contribution in [-0.2, 0) is 11.0 Å². The van der Waals surface area contributed by atoms with Gasteiger partial charge in [0.25, 0.3) is 0 Å². The standard InChI is InChI=1S/C26H23F9N4O2/c1-23(2,20-10-11-36-22(37-20)25(30,31)32)38-18-13-19(14-4-3-5-17(12-14)41-26(33,34)35)39(21(18)40)16-8-6-15(7-9-16)24(27,28)29/h3-12,18-19,22,37-38H,13H2,1-2H3/t18-,19-,22?/m1/s1. The normalized spacial score (nSPS) is 22.0. The van der Waals surface area contributed by atoms with Gasteiger partial charge in [-0.25, -0.2) is 0 Å². The summed E-state index contributed by atoms with van der Waals surface area (Å²) in [6, 6.07) is 6.42. The lowest BCUT2D eigenvalue weighted by molar-refractivity contribution is -0.274. The molecule has 0 aliphatic carbocycles. The van der Waals surface area contributed by atoms with E-state index >= 15 is 0 Å². The minimum atomic E-state index is -5.00. The first-order chi connectivity index (χ1) is 18.8. The van der Waals surface area contributed by atoms with E-state index in [2.05, 4.69) is 20.4 Å². The Hall–Kier alpha value is -3.75. The first-order valence-corrected chi connectivity index (χ1v) is 12.1. The van der Waals surface area contributed by atoms with E-state index in [1.807, 2.05) is 0 Å². The van der Waals surface area contributed by atoms with Crippen molar-refractivity contribution in [3.8, 4) is 5.75 Å². The summed E-state index contributed by atoms with van der Waals surface area (Å²) in [5.74, 6) is -1.22. The van der Waals surface area contributed by atoms with E-state index in [0.29, 0.717) is 0 Å². The Kier molecular flexibility index (Phi) is 7.80. The van der Waals surface area contributed by atoms with E-state index < -0.39 is 59.7 Å². The number of amides is 1. The van der Waals surface area contributed by atoms with Crippen LogP contribution in [-0.4, -0.2) is 42.4 Å². The van der Waals surface area contributed by atoms with Crippen molar-refractivity contribution in [3.05, 3.63) is 71.4 Å². The van der Waals surface area contributed by atoms with Crippen LogP contribution in [0.5, 0.6) is 5.75 Å². The molecular weight excluding hydrogens is 571 g/mol. The van der Waals surface area contributed by atoms with Crippen molar-refractivity contribution >= 4 is 17.8 Å². The fraction of sp³-hybridized carbons (Fsp3) is 0.385. The maximum atomic E-state index is 13.7. The molecule has 2 aromatic carbocycles. The lowest BCUT2D eigenvalue weighted by atomic mass is 9.95. The van der Waals surface area contributed by atoms with Gasteiger partial charge in [0.15, 0.2) is 0 Å². The van der Waals surface area contributed by atoms with Gasteiger partial charge < -0.3 is 15.0 Å². The van der Waals surface area contributed by atoms with Crippen LogP contribution in [0.1, 0.15) is 37.4 Å². The first-order valence-electron chi connectivity index (χ1n) is 12.1. The number of hydrogen-bond donors (Lipinski definition) is 2. The maximum Gasteiger partial charge on any atom is 0.573 e. The number of ether oxygens (including phenoxy) is 1. The van der Waals surface area contributed by atoms with Crippen LogP contribution in [0.3, 0.4) is 0 Å². The molecule has 3 atom stereocenters. The summed E-state index contributed by atoms with van der Waals surface area (Å²) in [4.78, 5) is 18.2. The average Bonchev–Trinajstić information content (AvgIpc) is 3.17. The van der Waals surface area contributed by atoms with Gasteiger partial charge in [0.05, 0.1) is 23.2 Å². The Morgan fingerprint density at radius 2 is 1.63 bits per heavy atom. The molecule has 0 radical (unpaired) electrons. The molecule has 1 unspecified atom stereocenters. The van der Waals surface area contributed by atoms with E-state index in [1.165, 1.54) is 32.1 Å². The van der Waals surface area contributed by atoms with E-state index in [0.717, 1.165) is 47.5 Å². The number of nitrogens with zero attached hydrogens (tertiary/aromatic N) is 2. The molecule has 0 bridgehead atoms. The van der Waals surface area contributed by atoms with Gasteiger partial charge in [-0.2, -0.15) is 26.3 Å². The number of carbonyl (C=O) groups excluding carboxylic acids is 1. The van der Waals surface area contributed by atoms with Crippen LogP contribution in [0, 0.1) is 0 Å². The summed E-state index contributed by atoms with van der Waals surface area (Å²) in [6.45, 7) is 3.03. The maximum absolute atomic E-state index is 13.7. The van der Waals surface area contributed by atoms with Gasteiger partial charge in [-0.1, -0.05) is 12.1 Å². The monoisotopic (exact) mass is 594 g/mol. The molecule has 1 saturated heterocycles. The number of carbonyl (C=O) groups is 1. The Balaban J connectivity index is 1.67. The number of aliphatic imine (C=N–C) groups is 1. The van der Waals surface area contributed by atoms with Crippen LogP contribution in [0.15, 0.2) is 65.3 Å². The number of alkyl halides is 9. The molecule has 1 fully saturated rings. The summed E-state index contributed by atoms with van der Waals surface area (Å²) in [7, 11) is 0. The molecule has 6 nitrogen and oxygen atoms in total. The topological polar surface area (TPSA) is 66.0 Å². The summed E-state index contributed by atoms with van der Waals surface area (Å²) in [5, 5.41) is 5.27. The van der Waals surface area contributed by atoms with Gasteiger partial charge in [-0.3, -0.25) is 15.1 Å². The molecule has 41 heavy (non-hydrogen) atoms. The fourth-order valence-corrected chi connectivity index (χ4v) is 4.70. The number of halogens is 9. The number of hydrogen-bond acceptors (Lipinski definition) is 5. The highest BCUT2D eigenvalue weighted by Crippen LogP contribution is 2.41. The third kappa shape index (κ3) is 6.94. The molecule has 2 N–H and O–H groups in total. The molecular formula is C26H23F9N4O2. The van der Waals surface area contributed by atoms with Gasteiger partial charge in [0.2, 0.25) is 12.1 Å². The van der Waals surface area contributed by atoms with E-state index in [-0.39, 0.29) is 23.4 Å². The third-order valence-electron chi connectivity index (χ3n) is 6.54. The van der Waals surface area contributed by atoms with Crippen LogP contribution >= 0.6 is 0 Å². The van der Waals surface area contributed by atoms with Crippen molar-refractivity contribution in [3.63, 3.8) is 0 Å². The smallest absolute Gasteiger partial charge is 0.406 e. The number of nitrogens with one attached hydrogen (secondary N) is 2. The van der Waals surface area contributed by atoms with E-state index in [4.69, 9.17) is 0 Å². The quantitative estimate of drug-likeness (QED) is 0.388. The predicted molar refractivity (Wildman–Crippen MR) is 130 cm³/mol. The van der Waals surface area contributed by atoms with Crippen molar-refractivity contribution in [2.75, 3.05) is 4.90 Å². The minimum Gasteiger partial charge on any atom is -0.406 e. The number of anilines is 1. The molecule has 4 rings (SSSR count). The van der Waals surface area contributed by atoms with Crippen LogP contribution in [0.4, 0.5) is 45.2 Å². The summed E-state index contributed by atoms with van der Waals surface area (Å²) in [6.07, 6.45) is -14.3. The lowest BCUT2D eigenvalue weighted by Crippen LogP contribution is -2.56. The van der Waals surface area contributed by atoms with Crippen molar-refractivity contribution in [2.45, 2.75) is 62.8 Å². The Bertz CT molecular complexity index is 1330. The zero-order valence-corrected chi connectivity index (χ0v) is 21.3. The number of allylic oxidation sites excluding steroid dienone is 1. The lowest BCUT2D eigenvalue weighted by Gasteiger charge is -2.35. The van der Waals surface area contributed by atoms with E-state index in [1.54, 1.807) is 0 Å². The van der Waals surface area contributed by atoms with Crippen molar-refractivity contribution in [1.29, 1.82) is 0 Å². The molecule has 2 aromatic rings. The highest BCUT2D eigenvalue weighted by Gasteiger charge is 2.46. The van der Waals surface area contributed by atoms with Gasteiger partial charge in [0.1, 0.15) is 5.75 Å². The van der Waals surface area contributed by atoms with Crippen LogP contribution in [0.2, 0.25) is 0 Å². The second-order valence-electron chi connectivity index (χ2n) is 9.91. The van der Waals surface area contributed by atoms with Gasteiger partial charge in [-0.05, 0) is 68.3 Å². The predicted octanol–water partition coefficient (Wildman–Crippen LogP) is 6.27. The molecule has 0 aromatic heterocycles. The number of benzene rings is 2. The first kappa shape index (κ1) is 30.2. The zero-order valence-electron chi connectivity index (χ0n) is 21.3. The van der Waals surface area contributed by atoms with Crippen LogP contribution < -0.4 is 20.3 Å². The zero-order chi connectivity index (χ0) is 30.4. The van der Waals surface area contributed by atoms with Gasteiger partial charge in [0, 0.05) is 17.6 Å². The fourth-order valence-electron chi connectivity index (χ4n) is 4.70. The van der Waals surface area contributed by atoms with Crippen LogP contribution in [0.25, 0.3) is 0 Å². The molecule has 0 saturated carbocycles. The average molecular weight is 594 g/mol. The molecule has 15 heteroatoms. The Morgan fingerprint density at radius 3 is 2.22 bits per heavy atom. The highest BCUT2D eigenvalue weighted by molar-refractivity contribution is 6.00. The Morgan fingerprint density at radius 1 is 0.976 bits per heavy atom. The minimum absolute atomic E-state index is 0.0384. The molecule has 0 spiro atoms. The SMILES string of the molecule is CC(C)(N[C@@H]1C[C@H](c2cccc(OC(F)(F)F)c2)N(c2ccc(C(F)(F)F)cc2)C1=O)C1=CC=NC(C(F)(F)F)N1. The van der Waals surface area contributed by atoms with Gasteiger partial charge in [-0.15, -0.1) is 13.2 Å². The highest BCUT2D eigenvalue weighted by atomic mass is 19.4. The molecule has 2 heterocycles. The number of rotatable bonds is 6. The second-order valence-corrected chi connectivity index (χ2v) is 9.91. The molecule has 1 amide bonds. The Labute approximate surface area is 227 Å². The summed E-state index contributed by atoms with van der Waals surface area (Å²) in [5.41, 5.74) is -1.94. The van der Waals surface area contributed by atoms with Crippen molar-refractivity contribution < 1.29 is 49.0 Å². The molecule has 2 aliphatic heterocycles. The summed E-state index contributed by atoms with van der Waals surface area (Å²) >= 11 is 0. The largest absolute Gasteiger partial charge is 0.573 e. The van der Waals surface area contributed by atoms with Crippen molar-refractivity contribution in [1.82, 2.24) is 10.6 Å². The van der Waals surface area contributed by atoms with Gasteiger partial charge >= 0.3 is 18.7 Å². The van der Waals surface area contributed by atoms with E-state index in [9.17, 15) is 44.3 Å². The molecule has 2 aliphatic rings. The van der Waals surface area contributed by atoms with Crippen molar-refractivity contribution in [2.24, 2.45) is 4.99 Å². The summed E-state index contributed by atoms with van der Waals surface area (Å²) < 4.78 is 122. The molecule has 222 valence electrons. The second kappa shape index (κ2) is 10.6. The third-order valence-corrected chi connectivity index (χ3v) is 6.54.